The molecule has 90 valence electrons. The molecular formula is C15H19NO. The van der Waals surface area contributed by atoms with E-state index >= 15 is 0 Å². The van der Waals surface area contributed by atoms with Crippen molar-refractivity contribution in [3.05, 3.63) is 42.1 Å². The Bertz CT molecular complexity index is 512. The first-order chi connectivity index (χ1) is 8.00. The molecule has 0 aliphatic carbocycles. The average molecular weight is 229 g/mol. The van der Waals surface area contributed by atoms with Crippen LogP contribution in [0.2, 0.25) is 0 Å². The van der Waals surface area contributed by atoms with E-state index in [0.717, 1.165) is 17.3 Å². The predicted octanol–water partition coefficient (Wildman–Crippen LogP) is 3.28. The normalized spacial score (nSPS) is 13.9. The smallest absolute Gasteiger partial charge is 0.0739 e. The van der Waals surface area contributed by atoms with Gasteiger partial charge in [0.1, 0.15) is 0 Å². The molecule has 1 N–H and O–H groups in total. The van der Waals surface area contributed by atoms with Gasteiger partial charge in [-0.2, -0.15) is 0 Å². The summed E-state index contributed by atoms with van der Waals surface area (Å²) in [5.41, 5.74) is 2.18. The summed E-state index contributed by atoms with van der Waals surface area (Å²) in [7, 11) is 0. The Balaban J connectivity index is 2.55. The highest BCUT2D eigenvalue weighted by atomic mass is 16.3. The monoisotopic (exact) mass is 229 g/mol. The largest absolute Gasteiger partial charge is 0.393 e. The van der Waals surface area contributed by atoms with Gasteiger partial charge in [-0.3, -0.25) is 4.98 Å². The lowest BCUT2D eigenvalue weighted by atomic mass is 9.79. The number of para-hydroxylation sites is 1. The lowest BCUT2D eigenvalue weighted by Gasteiger charge is -2.27. The number of fused-ring (bicyclic) bond motifs is 1. The van der Waals surface area contributed by atoms with Crippen molar-refractivity contribution in [3.63, 3.8) is 0 Å². The quantitative estimate of drug-likeness (QED) is 0.876. The van der Waals surface area contributed by atoms with Crippen LogP contribution in [-0.2, 0) is 5.41 Å². The minimum Gasteiger partial charge on any atom is -0.393 e. The lowest BCUT2D eigenvalue weighted by Crippen LogP contribution is -2.23. The summed E-state index contributed by atoms with van der Waals surface area (Å²) in [5, 5.41) is 10.8. The Morgan fingerprint density at radius 3 is 2.65 bits per heavy atom. The van der Waals surface area contributed by atoms with Gasteiger partial charge in [0.15, 0.2) is 0 Å². The van der Waals surface area contributed by atoms with Crippen LogP contribution in [0.25, 0.3) is 10.9 Å². The Morgan fingerprint density at radius 2 is 1.94 bits per heavy atom. The summed E-state index contributed by atoms with van der Waals surface area (Å²) < 4.78 is 0. The fraction of sp³-hybridized carbons (Fsp3) is 0.400. The van der Waals surface area contributed by atoms with Crippen molar-refractivity contribution in [2.75, 3.05) is 0 Å². The van der Waals surface area contributed by atoms with Crippen LogP contribution in [0, 0.1) is 0 Å². The van der Waals surface area contributed by atoms with Crippen molar-refractivity contribution in [1.29, 1.82) is 0 Å². The van der Waals surface area contributed by atoms with E-state index in [4.69, 9.17) is 0 Å². The van der Waals surface area contributed by atoms with Gasteiger partial charge in [0.2, 0.25) is 0 Å². The summed E-state index contributed by atoms with van der Waals surface area (Å²) in [4.78, 5) is 4.47. The third-order valence-corrected chi connectivity index (χ3v) is 3.17. The van der Waals surface area contributed by atoms with Gasteiger partial charge in [-0.15, -0.1) is 0 Å². The molecule has 1 heterocycles. The van der Waals surface area contributed by atoms with Crippen LogP contribution in [0.3, 0.4) is 0 Å². The van der Waals surface area contributed by atoms with Crippen LogP contribution in [-0.4, -0.2) is 16.2 Å². The number of pyridine rings is 1. The van der Waals surface area contributed by atoms with Gasteiger partial charge in [0.25, 0.3) is 0 Å². The topological polar surface area (TPSA) is 33.1 Å². The van der Waals surface area contributed by atoms with Crippen LogP contribution < -0.4 is 0 Å². The molecule has 0 saturated carbocycles. The number of aliphatic hydroxyl groups excluding tert-OH is 1. The van der Waals surface area contributed by atoms with Crippen LogP contribution in [0.4, 0.5) is 0 Å². The molecular weight excluding hydrogens is 210 g/mol. The zero-order valence-corrected chi connectivity index (χ0v) is 10.6. The van der Waals surface area contributed by atoms with E-state index in [1.807, 2.05) is 19.2 Å². The highest BCUT2D eigenvalue weighted by Gasteiger charge is 2.24. The average Bonchev–Trinajstić information content (AvgIpc) is 2.26. The Morgan fingerprint density at radius 1 is 1.24 bits per heavy atom. The van der Waals surface area contributed by atoms with E-state index in [1.165, 1.54) is 5.56 Å². The minimum absolute atomic E-state index is 0.0674. The Hall–Kier alpha value is -1.41. The summed E-state index contributed by atoms with van der Waals surface area (Å²) in [5.74, 6) is 0. The fourth-order valence-corrected chi connectivity index (χ4v) is 2.50. The van der Waals surface area contributed by atoms with Crippen molar-refractivity contribution in [2.24, 2.45) is 0 Å². The molecule has 17 heavy (non-hydrogen) atoms. The van der Waals surface area contributed by atoms with E-state index < -0.39 is 0 Å². The molecule has 0 amide bonds. The molecule has 0 aliphatic heterocycles. The maximum Gasteiger partial charge on any atom is 0.0739 e. The van der Waals surface area contributed by atoms with Gasteiger partial charge in [0.05, 0.1) is 11.6 Å². The first-order valence-electron chi connectivity index (χ1n) is 6.03. The van der Waals surface area contributed by atoms with E-state index in [0.29, 0.717) is 0 Å². The van der Waals surface area contributed by atoms with E-state index in [1.54, 1.807) is 0 Å². The summed E-state index contributed by atoms with van der Waals surface area (Å²) in [6, 6.07) is 10.3. The van der Waals surface area contributed by atoms with Gasteiger partial charge in [-0.05, 0) is 30.4 Å². The second-order valence-corrected chi connectivity index (χ2v) is 5.32. The SMILES string of the molecule is CC(O)CC(C)(C)c1cccc2cccnc12. The maximum atomic E-state index is 9.60. The molecule has 1 atom stereocenters. The van der Waals surface area contributed by atoms with Gasteiger partial charge in [0, 0.05) is 11.6 Å². The molecule has 0 bridgehead atoms. The molecule has 0 fully saturated rings. The molecule has 0 spiro atoms. The highest BCUT2D eigenvalue weighted by molar-refractivity contribution is 5.82. The standard InChI is InChI=1S/C15H19NO/c1-11(17)10-15(2,3)13-8-4-6-12-7-5-9-16-14(12)13/h4-9,11,17H,10H2,1-3H3. The Labute approximate surface area is 102 Å². The number of nitrogens with zero attached hydrogens (tertiary/aromatic N) is 1. The third-order valence-electron chi connectivity index (χ3n) is 3.17. The van der Waals surface area contributed by atoms with Crippen LogP contribution in [0.15, 0.2) is 36.5 Å². The molecule has 2 heteroatoms. The number of rotatable bonds is 3. The van der Waals surface area contributed by atoms with Crippen molar-refractivity contribution in [3.8, 4) is 0 Å². The molecule has 1 aromatic heterocycles. The number of benzene rings is 1. The third kappa shape index (κ3) is 2.47. The molecule has 2 nitrogen and oxygen atoms in total. The predicted molar refractivity (Wildman–Crippen MR) is 71.1 cm³/mol. The van der Waals surface area contributed by atoms with Crippen molar-refractivity contribution in [1.82, 2.24) is 4.98 Å². The molecule has 1 unspecified atom stereocenters. The first kappa shape index (κ1) is 12.1. The van der Waals surface area contributed by atoms with Crippen LogP contribution in [0.1, 0.15) is 32.8 Å². The summed E-state index contributed by atoms with van der Waals surface area (Å²) >= 11 is 0. The van der Waals surface area contributed by atoms with Gasteiger partial charge in [-0.25, -0.2) is 0 Å². The summed E-state index contributed by atoms with van der Waals surface area (Å²) in [6.07, 6.45) is 2.26. The van der Waals surface area contributed by atoms with Crippen LogP contribution >= 0.6 is 0 Å². The lowest BCUT2D eigenvalue weighted by molar-refractivity contribution is 0.157. The van der Waals surface area contributed by atoms with Crippen molar-refractivity contribution >= 4 is 10.9 Å². The zero-order chi connectivity index (χ0) is 12.5. The van der Waals surface area contributed by atoms with E-state index in [9.17, 15) is 5.11 Å². The highest BCUT2D eigenvalue weighted by Crippen LogP contribution is 2.32. The summed E-state index contributed by atoms with van der Waals surface area (Å²) in [6.45, 7) is 6.15. The van der Waals surface area contributed by atoms with Crippen molar-refractivity contribution in [2.45, 2.75) is 38.7 Å². The molecule has 0 radical (unpaired) electrons. The van der Waals surface area contributed by atoms with E-state index in [-0.39, 0.29) is 11.5 Å². The van der Waals surface area contributed by atoms with Gasteiger partial charge >= 0.3 is 0 Å². The number of hydrogen-bond acceptors (Lipinski definition) is 2. The number of hydrogen-bond donors (Lipinski definition) is 1. The first-order valence-corrected chi connectivity index (χ1v) is 6.03. The van der Waals surface area contributed by atoms with Gasteiger partial charge in [-0.1, -0.05) is 38.1 Å². The van der Waals surface area contributed by atoms with Crippen molar-refractivity contribution < 1.29 is 5.11 Å². The molecule has 1 aromatic carbocycles. The number of aromatic nitrogens is 1. The molecule has 0 aliphatic rings. The molecule has 2 aromatic rings. The minimum atomic E-state index is -0.302. The number of aliphatic hydroxyl groups is 1. The van der Waals surface area contributed by atoms with E-state index in [2.05, 4.69) is 43.1 Å². The Kier molecular flexibility index (Phi) is 3.16. The second kappa shape index (κ2) is 4.46. The fourth-order valence-electron chi connectivity index (χ4n) is 2.50. The van der Waals surface area contributed by atoms with Gasteiger partial charge < -0.3 is 5.11 Å². The maximum absolute atomic E-state index is 9.60. The second-order valence-electron chi connectivity index (χ2n) is 5.32. The van der Waals surface area contributed by atoms with Crippen LogP contribution in [0.5, 0.6) is 0 Å². The molecule has 2 rings (SSSR count). The zero-order valence-electron chi connectivity index (χ0n) is 10.6. The molecule has 0 saturated heterocycles.